The van der Waals surface area contributed by atoms with Crippen molar-refractivity contribution in [3.8, 4) is 0 Å². The zero-order valence-electron chi connectivity index (χ0n) is 22.2. The second kappa shape index (κ2) is 6.32. The molecule has 2 nitrogen and oxygen atoms in total. The zero-order valence-corrected chi connectivity index (χ0v) is 22.2. The average molecular weight is 441 g/mol. The SMILES string of the molecule is CC1(C)CC[C@]2(C)CC[C@]3(C)[C@H]4CC=C5C(C)(C)C(=O)CC[C@@]5(O)[C@]4(C)CC[C@@]3(C)[C@@H]2C1. The lowest BCUT2D eigenvalue weighted by atomic mass is 9.31. The van der Waals surface area contributed by atoms with Gasteiger partial charge in [0.05, 0.1) is 5.60 Å². The summed E-state index contributed by atoms with van der Waals surface area (Å²) in [6.45, 7) is 19.4. The minimum Gasteiger partial charge on any atom is -0.385 e. The molecule has 1 N–H and O–H groups in total. The van der Waals surface area contributed by atoms with E-state index in [0.717, 1.165) is 24.3 Å². The van der Waals surface area contributed by atoms with Crippen molar-refractivity contribution in [2.45, 2.75) is 125 Å². The number of hydrogen-bond donors (Lipinski definition) is 1. The van der Waals surface area contributed by atoms with Crippen LogP contribution in [-0.2, 0) is 4.79 Å². The van der Waals surface area contributed by atoms with Crippen molar-refractivity contribution in [2.75, 3.05) is 0 Å². The first-order valence-corrected chi connectivity index (χ1v) is 13.5. The van der Waals surface area contributed by atoms with Crippen LogP contribution in [0, 0.1) is 44.3 Å². The van der Waals surface area contributed by atoms with Gasteiger partial charge >= 0.3 is 0 Å². The molecule has 0 aliphatic heterocycles. The third kappa shape index (κ3) is 2.55. The predicted octanol–water partition coefficient (Wildman–Crippen LogP) is 7.49. The van der Waals surface area contributed by atoms with Gasteiger partial charge in [-0.05, 0) is 111 Å². The zero-order chi connectivity index (χ0) is 23.6. The van der Waals surface area contributed by atoms with Gasteiger partial charge < -0.3 is 5.11 Å². The molecule has 5 rings (SSSR count). The Balaban J connectivity index is 1.61. The average Bonchev–Trinajstić information content (AvgIpc) is 2.70. The van der Waals surface area contributed by atoms with Crippen molar-refractivity contribution in [1.29, 1.82) is 0 Å². The van der Waals surface area contributed by atoms with Crippen LogP contribution < -0.4 is 0 Å². The summed E-state index contributed by atoms with van der Waals surface area (Å²) in [5.74, 6) is 1.56. The monoisotopic (exact) mass is 440 g/mol. The highest BCUT2D eigenvalue weighted by Gasteiger charge is 2.72. The number of aliphatic hydroxyl groups is 1. The Labute approximate surface area is 197 Å². The molecule has 0 aromatic heterocycles. The third-order valence-corrected chi connectivity index (χ3v) is 13.0. The van der Waals surface area contributed by atoms with Crippen molar-refractivity contribution >= 4 is 5.78 Å². The van der Waals surface area contributed by atoms with Gasteiger partial charge in [0.15, 0.2) is 0 Å². The summed E-state index contributed by atoms with van der Waals surface area (Å²) >= 11 is 0. The van der Waals surface area contributed by atoms with Gasteiger partial charge in [0.25, 0.3) is 0 Å². The van der Waals surface area contributed by atoms with Crippen LogP contribution in [0.3, 0.4) is 0 Å². The van der Waals surface area contributed by atoms with Crippen molar-refractivity contribution in [2.24, 2.45) is 44.3 Å². The Morgan fingerprint density at radius 1 is 0.750 bits per heavy atom. The quantitative estimate of drug-likeness (QED) is 0.396. The molecule has 0 spiro atoms. The molecule has 4 fully saturated rings. The minimum absolute atomic E-state index is 0.138. The molecule has 5 aliphatic carbocycles. The molecule has 7 atom stereocenters. The molecule has 180 valence electrons. The van der Waals surface area contributed by atoms with Gasteiger partial charge in [-0.1, -0.05) is 47.6 Å². The number of fused-ring (bicyclic) bond motifs is 7. The second-order valence-corrected chi connectivity index (χ2v) is 15.1. The molecule has 0 aromatic carbocycles. The summed E-state index contributed by atoms with van der Waals surface area (Å²) in [6.07, 6.45) is 13.5. The normalized spacial score (nSPS) is 53.9. The maximum absolute atomic E-state index is 12.8. The molecule has 4 saturated carbocycles. The van der Waals surface area contributed by atoms with E-state index >= 15 is 0 Å². The molecule has 0 saturated heterocycles. The lowest BCUT2D eigenvalue weighted by Crippen LogP contribution is -2.70. The number of carbonyl (C=O) groups excluding carboxylic acids is 1. The summed E-state index contributed by atoms with van der Waals surface area (Å²) in [7, 11) is 0. The number of hydrogen-bond acceptors (Lipinski definition) is 2. The Morgan fingerprint density at radius 3 is 2.00 bits per heavy atom. The molecule has 0 bridgehead atoms. The fourth-order valence-corrected chi connectivity index (χ4v) is 10.3. The molecule has 0 amide bonds. The summed E-state index contributed by atoms with van der Waals surface area (Å²) in [6, 6.07) is 0. The van der Waals surface area contributed by atoms with E-state index in [-0.39, 0.29) is 10.8 Å². The first-order valence-electron chi connectivity index (χ1n) is 13.5. The third-order valence-electron chi connectivity index (χ3n) is 13.0. The highest BCUT2D eigenvalue weighted by atomic mass is 16.3. The maximum atomic E-state index is 12.8. The Hall–Kier alpha value is -0.630. The van der Waals surface area contributed by atoms with Crippen molar-refractivity contribution in [3.05, 3.63) is 11.6 Å². The highest BCUT2D eigenvalue weighted by Crippen LogP contribution is 2.77. The van der Waals surface area contributed by atoms with E-state index in [1.165, 1.54) is 38.5 Å². The van der Waals surface area contributed by atoms with Crippen LogP contribution >= 0.6 is 0 Å². The standard InChI is InChI=1S/C30H48O2/c1-24(2)13-14-26(5)15-16-27(6)21-10-9-20-25(3,4)23(31)11-12-30(20,32)29(21,8)18-17-28(27,7)22(26)19-24/h9,21-22,32H,10-19H2,1-8H3/t21-,22-,26-,27-,28+,29-,30+/m1/s1. The Bertz CT molecular complexity index is 881. The lowest BCUT2D eigenvalue weighted by molar-refractivity contribution is -0.254. The number of Topliss-reactive ketones (excluding diaryl/α,β-unsaturated/α-hetero) is 1. The van der Waals surface area contributed by atoms with Gasteiger partial charge in [-0.3, -0.25) is 4.79 Å². The van der Waals surface area contributed by atoms with E-state index in [2.05, 4.69) is 61.5 Å². The lowest BCUT2D eigenvalue weighted by Gasteiger charge is -2.74. The second-order valence-electron chi connectivity index (χ2n) is 15.1. The first-order chi connectivity index (χ1) is 14.6. The molecule has 32 heavy (non-hydrogen) atoms. The largest absolute Gasteiger partial charge is 0.385 e. The van der Waals surface area contributed by atoms with E-state index in [0.29, 0.717) is 40.8 Å². The molecular weight excluding hydrogens is 392 g/mol. The molecule has 5 aliphatic rings. The van der Waals surface area contributed by atoms with E-state index in [1.54, 1.807) is 0 Å². The summed E-state index contributed by atoms with van der Waals surface area (Å²) < 4.78 is 0. The van der Waals surface area contributed by atoms with Gasteiger partial charge in [0.2, 0.25) is 0 Å². The van der Waals surface area contributed by atoms with Crippen molar-refractivity contribution in [1.82, 2.24) is 0 Å². The van der Waals surface area contributed by atoms with Gasteiger partial charge in [0.1, 0.15) is 5.78 Å². The van der Waals surface area contributed by atoms with E-state index in [9.17, 15) is 9.90 Å². The first kappa shape index (κ1) is 23.1. The van der Waals surface area contributed by atoms with E-state index in [1.807, 2.05) is 0 Å². The molecule has 0 unspecified atom stereocenters. The number of allylic oxidation sites excluding steroid dienone is 1. The van der Waals surface area contributed by atoms with Gasteiger partial charge in [-0.15, -0.1) is 0 Å². The van der Waals surface area contributed by atoms with Crippen LogP contribution in [0.5, 0.6) is 0 Å². The highest BCUT2D eigenvalue weighted by molar-refractivity contribution is 5.89. The van der Waals surface area contributed by atoms with Gasteiger partial charge in [0, 0.05) is 17.3 Å². The number of carbonyl (C=O) groups is 1. The van der Waals surface area contributed by atoms with E-state index in [4.69, 9.17) is 0 Å². The fraction of sp³-hybridized carbons (Fsp3) is 0.900. The number of ketones is 1. The van der Waals surface area contributed by atoms with Crippen LogP contribution in [0.1, 0.15) is 120 Å². The van der Waals surface area contributed by atoms with E-state index < -0.39 is 11.0 Å². The van der Waals surface area contributed by atoms with Crippen LogP contribution in [-0.4, -0.2) is 16.5 Å². The van der Waals surface area contributed by atoms with Crippen LogP contribution in [0.15, 0.2) is 11.6 Å². The topological polar surface area (TPSA) is 37.3 Å². The van der Waals surface area contributed by atoms with Crippen LogP contribution in [0.25, 0.3) is 0 Å². The number of rotatable bonds is 0. The Kier molecular flexibility index (Phi) is 4.57. The van der Waals surface area contributed by atoms with Gasteiger partial charge in [-0.2, -0.15) is 0 Å². The molecular formula is C30H48O2. The van der Waals surface area contributed by atoms with Crippen LogP contribution in [0.4, 0.5) is 0 Å². The maximum Gasteiger partial charge on any atom is 0.142 e. The molecule has 0 aromatic rings. The predicted molar refractivity (Wildman–Crippen MR) is 131 cm³/mol. The molecule has 0 heterocycles. The van der Waals surface area contributed by atoms with Gasteiger partial charge in [-0.25, -0.2) is 0 Å². The van der Waals surface area contributed by atoms with Crippen molar-refractivity contribution in [3.63, 3.8) is 0 Å². The molecule has 0 radical (unpaired) electrons. The summed E-state index contributed by atoms with van der Waals surface area (Å²) in [4.78, 5) is 12.8. The fourth-order valence-electron chi connectivity index (χ4n) is 10.3. The summed E-state index contributed by atoms with van der Waals surface area (Å²) in [5, 5.41) is 12.4. The minimum atomic E-state index is -0.829. The van der Waals surface area contributed by atoms with Crippen LogP contribution in [0.2, 0.25) is 0 Å². The Morgan fingerprint density at radius 2 is 1.31 bits per heavy atom. The summed E-state index contributed by atoms with van der Waals surface area (Å²) in [5.41, 5.74) is 1.03. The smallest absolute Gasteiger partial charge is 0.142 e. The molecule has 2 heteroatoms. The van der Waals surface area contributed by atoms with Crippen molar-refractivity contribution < 1.29 is 9.90 Å².